The molecule has 4 nitrogen and oxygen atoms in total. The maximum atomic E-state index is 5.60. The Hall–Kier alpha value is -1.97. The predicted molar refractivity (Wildman–Crippen MR) is 52.1 cm³/mol. The highest BCUT2D eigenvalue weighted by Gasteiger charge is 1.92. The molecule has 0 saturated heterocycles. The molecule has 2 rings (SSSR count). The third kappa shape index (κ3) is 1.79. The Labute approximate surface area is 76.0 Å². The van der Waals surface area contributed by atoms with Gasteiger partial charge in [0.25, 0.3) is 0 Å². The van der Waals surface area contributed by atoms with Crippen LogP contribution in [0.1, 0.15) is 0 Å². The van der Waals surface area contributed by atoms with Crippen LogP contribution in [0.4, 0.5) is 11.5 Å². The van der Waals surface area contributed by atoms with Crippen LogP contribution in [-0.4, -0.2) is 9.66 Å². The van der Waals surface area contributed by atoms with E-state index in [2.05, 4.69) is 10.4 Å². The van der Waals surface area contributed by atoms with Gasteiger partial charge in [0.1, 0.15) is 5.82 Å². The standard InChI is InChI=1S/C9H10N4/c10-8-3-4-11-9(7-8)12-13-5-1-2-6-13/h1-7H,(H3,10,11,12). The number of nitrogens with one attached hydrogen (secondary N) is 1. The van der Waals surface area contributed by atoms with Gasteiger partial charge < -0.3 is 5.73 Å². The van der Waals surface area contributed by atoms with Gasteiger partial charge in [-0.2, -0.15) is 0 Å². The average molecular weight is 174 g/mol. The number of nitrogens with zero attached hydrogens (tertiary/aromatic N) is 2. The zero-order valence-electron chi connectivity index (χ0n) is 7.01. The summed E-state index contributed by atoms with van der Waals surface area (Å²) in [5.41, 5.74) is 9.35. The molecule has 3 N–H and O–H groups in total. The van der Waals surface area contributed by atoms with Crippen LogP contribution < -0.4 is 11.2 Å². The maximum Gasteiger partial charge on any atom is 0.146 e. The summed E-state index contributed by atoms with van der Waals surface area (Å²) in [5.74, 6) is 0.733. The maximum absolute atomic E-state index is 5.60. The fourth-order valence-corrected chi connectivity index (χ4v) is 1.05. The largest absolute Gasteiger partial charge is 0.399 e. The van der Waals surface area contributed by atoms with Gasteiger partial charge in [-0.3, -0.25) is 10.1 Å². The van der Waals surface area contributed by atoms with Crippen LogP contribution in [0.3, 0.4) is 0 Å². The van der Waals surface area contributed by atoms with Crippen LogP contribution >= 0.6 is 0 Å². The molecule has 0 aliphatic carbocycles. The summed E-state index contributed by atoms with van der Waals surface area (Å²) in [6.45, 7) is 0. The second-order valence-electron chi connectivity index (χ2n) is 2.68. The minimum atomic E-state index is 0.699. The van der Waals surface area contributed by atoms with Crippen molar-refractivity contribution in [1.29, 1.82) is 0 Å². The van der Waals surface area contributed by atoms with E-state index >= 15 is 0 Å². The van der Waals surface area contributed by atoms with Crippen LogP contribution in [0, 0.1) is 0 Å². The number of nitrogen functional groups attached to an aromatic ring is 1. The zero-order chi connectivity index (χ0) is 9.10. The number of aromatic nitrogens is 2. The molecule has 0 saturated carbocycles. The Kier molecular flexibility index (Phi) is 1.88. The molecule has 0 radical (unpaired) electrons. The molecule has 0 aromatic carbocycles. The molecule has 66 valence electrons. The van der Waals surface area contributed by atoms with E-state index in [1.165, 1.54) is 0 Å². The normalized spacial score (nSPS) is 9.85. The molecule has 13 heavy (non-hydrogen) atoms. The fourth-order valence-electron chi connectivity index (χ4n) is 1.05. The smallest absolute Gasteiger partial charge is 0.146 e. The van der Waals surface area contributed by atoms with Crippen molar-refractivity contribution in [3.63, 3.8) is 0 Å². The summed E-state index contributed by atoms with van der Waals surface area (Å²) in [7, 11) is 0. The first-order valence-corrected chi connectivity index (χ1v) is 3.96. The number of rotatable bonds is 2. The Morgan fingerprint density at radius 3 is 2.77 bits per heavy atom. The van der Waals surface area contributed by atoms with E-state index in [1.54, 1.807) is 18.3 Å². The quantitative estimate of drug-likeness (QED) is 0.722. The van der Waals surface area contributed by atoms with Crippen molar-refractivity contribution >= 4 is 11.5 Å². The van der Waals surface area contributed by atoms with Crippen molar-refractivity contribution in [3.05, 3.63) is 42.9 Å². The van der Waals surface area contributed by atoms with Gasteiger partial charge in [-0.1, -0.05) is 0 Å². The minimum Gasteiger partial charge on any atom is -0.399 e. The van der Waals surface area contributed by atoms with Crippen molar-refractivity contribution in [2.24, 2.45) is 0 Å². The molecule has 0 aliphatic rings. The molecule has 4 heteroatoms. The second kappa shape index (κ2) is 3.18. The van der Waals surface area contributed by atoms with E-state index in [-0.39, 0.29) is 0 Å². The highest BCUT2D eigenvalue weighted by molar-refractivity contribution is 5.48. The molecule has 0 amide bonds. The fraction of sp³-hybridized carbons (Fsp3) is 0. The Morgan fingerprint density at radius 2 is 2.08 bits per heavy atom. The van der Waals surface area contributed by atoms with Gasteiger partial charge in [0.05, 0.1) is 0 Å². The molecule has 2 aromatic heterocycles. The predicted octanol–water partition coefficient (Wildman–Crippen LogP) is 1.34. The lowest BCUT2D eigenvalue weighted by Crippen LogP contribution is -2.07. The van der Waals surface area contributed by atoms with Crippen molar-refractivity contribution in [1.82, 2.24) is 9.66 Å². The highest BCUT2D eigenvalue weighted by Crippen LogP contribution is 2.07. The van der Waals surface area contributed by atoms with Gasteiger partial charge in [0.2, 0.25) is 0 Å². The lowest BCUT2D eigenvalue weighted by Gasteiger charge is -2.05. The van der Waals surface area contributed by atoms with Gasteiger partial charge >= 0.3 is 0 Å². The zero-order valence-corrected chi connectivity index (χ0v) is 7.01. The first-order chi connectivity index (χ1) is 6.34. The average Bonchev–Trinajstić information content (AvgIpc) is 2.57. The highest BCUT2D eigenvalue weighted by atomic mass is 15.4. The van der Waals surface area contributed by atoms with E-state index in [0.717, 1.165) is 5.82 Å². The van der Waals surface area contributed by atoms with Crippen LogP contribution in [-0.2, 0) is 0 Å². The van der Waals surface area contributed by atoms with Gasteiger partial charge in [-0.25, -0.2) is 4.98 Å². The Bertz CT molecular complexity index is 380. The van der Waals surface area contributed by atoms with Gasteiger partial charge in [-0.05, 0) is 18.2 Å². The number of hydrogen-bond donors (Lipinski definition) is 2. The van der Waals surface area contributed by atoms with Crippen molar-refractivity contribution in [2.45, 2.75) is 0 Å². The van der Waals surface area contributed by atoms with Gasteiger partial charge in [0, 0.05) is 30.3 Å². The molecule has 2 heterocycles. The van der Waals surface area contributed by atoms with Crippen LogP contribution in [0.15, 0.2) is 42.9 Å². The third-order valence-corrected chi connectivity index (χ3v) is 1.63. The van der Waals surface area contributed by atoms with Gasteiger partial charge in [-0.15, -0.1) is 0 Å². The summed E-state index contributed by atoms with van der Waals surface area (Å²) < 4.78 is 1.81. The van der Waals surface area contributed by atoms with Crippen molar-refractivity contribution in [2.75, 3.05) is 11.2 Å². The Balaban J connectivity index is 2.19. The van der Waals surface area contributed by atoms with Gasteiger partial charge in [0.15, 0.2) is 0 Å². The lowest BCUT2D eigenvalue weighted by molar-refractivity contribution is 0.953. The molecule has 0 spiro atoms. The summed E-state index contributed by atoms with van der Waals surface area (Å²) in [6.07, 6.45) is 5.46. The number of anilines is 2. The summed E-state index contributed by atoms with van der Waals surface area (Å²) in [6, 6.07) is 7.39. The summed E-state index contributed by atoms with van der Waals surface area (Å²) >= 11 is 0. The molecule has 2 aromatic rings. The molecule has 0 bridgehead atoms. The Morgan fingerprint density at radius 1 is 1.31 bits per heavy atom. The van der Waals surface area contributed by atoms with E-state index in [0.29, 0.717) is 5.69 Å². The van der Waals surface area contributed by atoms with Crippen LogP contribution in [0.5, 0.6) is 0 Å². The molecular formula is C9H10N4. The molecule has 0 fully saturated rings. The third-order valence-electron chi connectivity index (χ3n) is 1.63. The molecule has 0 aliphatic heterocycles. The van der Waals surface area contributed by atoms with Crippen molar-refractivity contribution < 1.29 is 0 Å². The van der Waals surface area contributed by atoms with E-state index < -0.39 is 0 Å². The lowest BCUT2D eigenvalue weighted by atomic mass is 10.4. The number of hydrogen-bond acceptors (Lipinski definition) is 3. The monoisotopic (exact) mass is 174 g/mol. The number of pyridine rings is 1. The first-order valence-electron chi connectivity index (χ1n) is 3.96. The number of nitrogens with two attached hydrogens (primary N) is 1. The van der Waals surface area contributed by atoms with Crippen LogP contribution in [0.25, 0.3) is 0 Å². The molecular weight excluding hydrogens is 164 g/mol. The summed E-state index contributed by atoms with van der Waals surface area (Å²) in [4.78, 5) is 4.10. The van der Waals surface area contributed by atoms with Crippen LogP contribution in [0.2, 0.25) is 0 Å². The second-order valence-corrected chi connectivity index (χ2v) is 2.68. The molecule has 0 unspecified atom stereocenters. The van der Waals surface area contributed by atoms with Crippen molar-refractivity contribution in [3.8, 4) is 0 Å². The van der Waals surface area contributed by atoms with E-state index in [9.17, 15) is 0 Å². The van der Waals surface area contributed by atoms with E-state index in [4.69, 9.17) is 5.73 Å². The first kappa shape index (κ1) is 7.67. The molecule has 0 atom stereocenters. The van der Waals surface area contributed by atoms with E-state index in [1.807, 2.05) is 29.2 Å². The SMILES string of the molecule is Nc1ccnc(Nn2cccc2)c1. The topological polar surface area (TPSA) is 55.9 Å². The summed E-state index contributed by atoms with van der Waals surface area (Å²) in [5, 5.41) is 0. The minimum absolute atomic E-state index is 0.699.